The van der Waals surface area contributed by atoms with Crippen LogP contribution in [0.2, 0.25) is 0 Å². The van der Waals surface area contributed by atoms with Gasteiger partial charge in [-0.2, -0.15) is 17.6 Å². The average molecular weight is 543 g/mol. The van der Waals surface area contributed by atoms with Gasteiger partial charge in [0.25, 0.3) is 0 Å². The molecule has 0 spiro atoms. The number of rotatable bonds is 9. The van der Waals surface area contributed by atoms with E-state index in [9.17, 15) is 17.6 Å². The molecule has 0 radical (unpaired) electrons. The van der Waals surface area contributed by atoms with E-state index in [0.717, 1.165) is 0 Å². The minimum Gasteiger partial charge on any atom is -0.497 e. The second kappa shape index (κ2) is 13.0. The number of nitrogens with zero attached hydrogens (tertiary/aromatic N) is 1. The van der Waals surface area contributed by atoms with E-state index in [4.69, 9.17) is 4.74 Å². The highest BCUT2D eigenvalue weighted by Crippen LogP contribution is 2.25. The fraction of sp³-hybridized carbons (Fsp3) is 0.316. The topological polar surface area (TPSA) is 64.1 Å². The number of ether oxygens (including phenoxy) is 3. The van der Waals surface area contributed by atoms with Crippen LogP contribution in [0.25, 0.3) is 0 Å². The van der Waals surface area contributed by atoms with Gasteiger partial charge in [0.2, 0.25) is 0 Å². The molecule has 0 unspecified atom stereocenters. The van der Waals surface area contributed by atoms with Crippen LogP contribution in [-0.4, -0.2) is 33.3 Å². The molecule has 0 saturated heterocycles. The van der Waals surface area contributed by atoms with Gasteiger partial charge in [-0.05, 0) is 35.9 Å². The van der Waals surface area contributed by atoms with Gasteiger partial charge in [0.15, 0.2) is 5.96 Å². The quantitative estimate of drug-likeness (QED) is 0.213. The number of guanidine groups is 1. The van der Waals surface area contributed by atoms with Crippen molar-refractivity contribution in [2.45, 2.75) is 26.3 Å². The molecule has 0 amide bonds. The fourth-order valence-corrected chi connectivity index (χ4v) is 2.45. The van der Waals surface area contributed by atoms with Gasteiger partial charge in [-0.3, -0.25) is 4.99 Å². The lowest BCUT2D eigenvalue weighted by molar-refractivity contribution is -0.0509. The lowest BCUT2D eigenvalue weighted by Crippen LogP contribution is -2.36. The Morgan fingerprint density at radius 3 is 2.27 bits per heavy atom. The molecule has 0 fully saturated rings. The summed E-state index contributed by atoms with van der Waals surface area (Å²) in [6.45, 7) is -5.45. The van der Waals surface area contributed by atoms with Crippen LogP contribution in [0.1, 0.15) is 11.1 Å². The molecule has 30 heavy (non-hydrogen) atoms. The Morgan fingerprint density at radius 1 is 0.933 bits per heavy atom. The van der Waals surface area contributed by atoms with Crippen molar-refractivity contribution >= 4 is 29.9 Å². The molecule has 0 saturated carbocycles. The highest BCUT2D eigenvalue weighted by Gasteiger charge is 2.12. The van der Waals surface area contributed by atoms with Gasteiger partial charge in [-0.25, -0.2) is 0 Å². The zero-order valence-electron chi connectivity index (χ0n) is 16.2. The van der Waals surface area contributed by atoms with E-state index >= 15 is 0 Å². The van der Waals surface area contributed by atoms with Crippen LogP contribution >= 0.6 is 24.0 Å². The van der Waals surface area contributed by atoms with Gasteiger partial charge < -0.3 is 24.8 Å². The second-order valence-corrected chi connectivity index (χ2v) is 5.66. The van der Waals surface area contributed by atoms with E-state index in [1.807, 2.05) is 0 Å². The molecule has 0 aromatic heterocycles. The molecule has 0 aliphatic carbocycles. The van der Waals surface area contributed by atoms with Crippen molar-refractivity contribution in [1.82, 2.24) is 10.6 Å². The van der Waals surface area contributed by atoms with Crippen LogP contribution < -0.4 is 24.8 Å². The normalized spacial score (nSPS) is 11.1. The molecule has 2 rings (SSSR count). The van der Waals surface area contributed by atoms with E-state index in [0.29, 0.717) is 22.8 Å². The third-order valence-electron chi connectivity index (χ3n) is 3.74. The smallest absolute Gasteiger partial charge is 0.387 e. The predicted molar refractivity (Wildman–Crippen MR) is 115 cm³/mol. The summed E-state index contributed by atoms with van der Waals surface area (Å²) >= 11 is 0. The second-order valence-electron chi connectivity index (χ2n) is 5.66. The third-order valence-corrected chi connectivity index (χ3v) is 3.74. The molecular formula is C19H22F4IN3O3. The van der Waals surface area contributed by atoms with E-state index in [1.54, 1.807) is 18.2 Å². The highest BCUT2D eigenvalue weighted by atomic mass is 127. The van der Waals surface area contributed by atoms with Crippen LogP contribution in [0.15, 0.2) is 47.5 Å². The summed E-state index contributed by atoms with van der Waals surface area (Å²) in [6, 6.07) is 10.7. The maximum atomic E-state index is 12.6. The average Bonchev–Trinajstić information content (AvgIpc) is 2.68. The van der Waals surface area contributed by atoms with Crippen LogP contribution in [0.4, 0.5) is 17.6 Å². The van der Waals surface area contributed by atoms with Crippen LogP contribution in [0, 0.1) is 0 Å². The first kappa shape index (κ1) is 25.6. The zero-order chi connectivity index (χ0) is 21.2. The summed E-state index contributed by atoms with van der Waals surface area (Å²) in [5, 5.41) is 5.98. The SMILES string of the molecule is CN=C(NCc1cccc(OC(F)F)c1)NCc1cc(OC)ccc1OC(F)F.I. The maximum Gasteiger partial charge on any atom is 0.387 e. The fourth-order valence-electron chi connectivity index (χ4n) is 2.45. The molecule has 0 aliphatic rings. The monoisotopic (exact) mass is 543 g/mol. The molecule has 0 bridgehead atoms. The largest absolute Gasteiger partial charge is 0.497 e. The van der Waals surface area contributed by atoms with Crippen molar-refractivity contribution in [2.75, 3.05) is 14.2 Å². The Hall–Kier alpha value is -2.44. The van der Waals surface area contributed by atoms with Gasteiger partial charge in [-0.1, -0.05) is 12.1 Å². The summed E-state index contributed by atoms with van der Waals surface area (Å²) in [7, 11) is 3.00. The van der Waals surface area contributed by atoms with Crippen molar-refractivity contribution in [3.63, 3.8) is 0 Å². The third kappa shape index (κ3) is 8.51. The zero-order valence-corrected chi connectivity index (χ0v) is 18.5. The van der Waals surface area contributed by atoms with Crippen LogP contribution in [-0.2, 0) is 13.1 Å². The number of hydrogen-bond acceptors (Lipinski definition) is 4. The van der Waals surface area contributed by atoms with E-state index in [-0.39, 0.29) is 48.6 Å². The first-order chi connectivity index (χ1) is 13.9. The molecule has 0 heterocycles. The predicted octanol–water partition coefficient (Wildman–Crippen LogP) is 4.38. The Balaban J connectivity index is 0.00000450. The van der Waals surface area contributed by atoms with E-state index in [1.165, 1.54) is 38.4 Å². The Labute approximate surface area is 188 Å². The minimum absolute atomic E-state index is 0. The number of aliphatic imine (C=N–C) groups is 1. The Bertz CT molecular complexity index is 825. The summed E-state index contributed by atoms with van der Waals surface area (Å²) in [6.07, 6.45) is 0. The number of hydrogen-bond donors (Lipinski definition) is 2. The van der Waals surface area contributed by atoms with Crippen molar-refractivity contribution in [1.29, 1.82) is 0 Å². The standard InChI is InChI=1S/C19H21F4N3O3.HI/c1-24-19(25-10-12-4-3-5-15(8-12)28-17(20)21)26-11-13-9-14(27-2)6-7-16(13)29-18(22)23;/h3-9,17-18H,10-11H2,1-2H3,(H2,24,25,26);1H. The van der Waals surface area contributed by atoms with Crippen molar-refractivity contribution < 1.29 is 31.8 Å². The molecule has 2 aromatic carbocycles. The minimum atomic E-state index is -2.96. The Kier molecular flexibility index (Phi) is 11.1. The summed E-state index contributed by atoms with van der Waals surface area (Å²) in [5.41, 5.74) is 1.13. The molecule has 6 nitrogen and oxygen atoms in total. The maximum absolute atomic E-state index is 12.6. The van der Waals surface area contributed by atoms with Crippen LogP contribution in [0.5, 0.6) is 17.2 Å². The number of alkyl halides is 4. The van der Waals surface area contributed by atoms with Gasteiger partial charge in [-0.15, -0.1) is 24.0 Å². The van der Waals surface area contributed by atoms with Crippen molar-refractivity contribution in [3.05, 3.63) is 53.6 Å². The molecule has 2 N–H and O–H groups in total. The van der Waals surface area contributed by atoms with Crippen molar-refractivity contribution in [2.24, 2.45) is 4.99 Å². The van der Waals surface area contributed by atoms with Crippen molar-refractivity contribution in [3.8, 4) is 17.2 Å². The van der Waals surface area contributed by atoms with E-state index < -0.39 is 13.2 Å². The summed E-state index contributed by atoms with van der Waals surface area (Å²) < 4.78 is 63.8. The van der Waals surface area contributed by atoms with Gasteiger partial charge >= 0.3 is 13.2 Å². The molecule has 2 aromatic rings. The van der Waals surface area contributed by atoms with Gasteiger partial charge in [0.05, 0.1) is 7.11 Å². The number of methoxy groups -OCH3 is 1. The number of benzene rings is 2. The summed E-state index contributed by atoms with van der Waals surface area (Å²) in [5.74, 6) is 0.922. The highest BCUT2D eigenvalue weighted by molar-refractivity contribution is 14.0. The lowest BCUT2D eigenvalue weighted by Gasteiger charge is -2.15. The first-order valence-corrected chi connectivity index (χ1v) is 8.51. The molecular weight excluding hydrogens is 521 g/mol. The number of nitrogens with one attached hydrogen (secondary N) is 2. The van der Waals surface area contributed by atoms with Crippen LogP contribution in [0.3, 0.4) is 0 Å². The Morgan fingerprint density at radius 2 is 1.63 bits per heavy atom. The van der Waals surface area contributed by atoms with E-state index in [2.05, 4.69) is 25.1 Å². The van der Waals surface area contributed by atoms with Gasteiger partial charge in [0, 0.05) is 25.7 Å². The lowest BCUT2D eigenvalue weighted by atomic mass is 10.2. The van der Waals surface area contributed by atoms with Gasteiger partial charge in [0.1, 0.15) is 17.2 Å². The summed E-state index contributed by atoms with van der Waals surface area (Å²) in [4.78, 5) is 4.05. The molecule has 0 atom stereocenters. The molecule has 166 valence electrons. The number of halogens is 5. The first-order valence-electron chi connectivity index (χ1n) is 8.51. The molecule has 11 heteroatoms. The molecule has 0 aliphatic heterocycles.